The van der Waals surface area contributed by atoms with Gasteiger partial charge in [0, 0.05) is 16.0 Å². The standard InChI is InChI=1S/C10H7BrClN3OS/c11-6-1-8(9(12)13-2-6)10(16)14-3-7-4-17-5-15-7/h1-2,4-5H,3H2,(H,14,16). The Kier molecular flexibility index (Phi) is 4.09. The first-order valence-electron chi connectivity index (χ1n) is 4.63. The second-order valence-electron chi connectivity index (χ2n) is 3.15. The summed E-state index contributed by atoms with van der Waals surface area (Å²) in [6, 6.07) is 1.63. The molecule has 1 amide bonds. The van der Waals surface area contributed by atoms with Crippen LogP contribution in [0.15, 0.2) is 27.6 Å². The fourth-order valence-corrected chi connectivity index (χ4v) is 2.25. The lowest BCUT2D eigenvalue weighted by Gasteiger charge is -2.05. The fourth-order valence-electron chi connectivity index (χ4n) is 1.17. The number of carbonyl (C=O) groups is 1. The first-order valence-corrected chi connectivity index (χ1v) is 6.74. The van der Waals surface area contributed by atoms with Crippen molar-refractivity contribution in [2.24, 2.45) is 0 Å². The summed E-state index contributed by atoms with van der Waals surface area (Å²) in [7, 11) is 0. The van der Waals surface area contributed by atoms with E-state index in [2.05, 4.69) is 31.2 Å². The molecule has 0 aliphatic carbocycles. The number of pyridine rings is 1. The van der Waals surface area contributed by atoms with E-state index in [1.54, 1.807) is 17.8 Å². The fraction of sp³-hybridized carbons (Fsp3) is 0.100. The smallest absolute Gasteiger partial charge is 0.254 e. The number of amides is 1. The highest BCUT2D eigenvalue weighted by Crippen LogP contribution is 2.17. The predicted molar refractivity (Wildman–Crippen MR) is 70.2 cm³/mol. The number of carbonyl (C=O) groups excluding carboxylic acids is 1. The molecule has 0 aliphatic heterocycles. The van der Waals surface area contributed by atoms with Crippen molar-refractivity contribution in [3.63, 3.8) is 0 Å². The monoisotopic (exact) mass is 331 g/mol. The summed E-state index contributed by atoms with van der Waals surface area (Å²) >= 11 is 10.6. The Morgan fingerprint density at radius 2 is 2.35 bits per heavy atom. The molecule has 0 spiro atoms. The summed E-state index contributed by atoms with van der Waals surface area (Å²) in [6.45, 7) is 0.380. The molecule has 0 unspecified atom stereocenters. The highest BCUT2D eigenvalue weighted by atomic mass is 79.9. The van der Waals surface area contributed by atoms with Crippen LogP contribution >= 0.6 is 38.9 Å². The minimum atomic E-state index is -0.267. The Hall–Kier alpha value is -0.980. The minimum absolute atomic E-state index is 0.184. The second kappa shape index (κ2) is 5.57. The van der Waals surface area contributed by atoms with E-state index in [4.69, 9.17) is 11.6 Å². The van der Waals surface area contributed by atoms with Crippen LogP contribution < -0.4 is 5.32 Å². The number of hydrogen-bond acceptors (Lipinski definition) is 4. The summed E-state index contributed by atoms with van der Waals surface area (Å²) in [6.07, 6.45) is 1.54. The van der Waals surface area contributed by atoms with Crippen LogP contribution in [0.5, 0.6) is 0 Å². The Morgan fingerprint density at radius 3 is 3.06 bits per heavy atom. The van der Waals surface area contributed by atoms with Gasteiger partial charge in [-0.2, -0.15) is 0 Å². The molecule has 7 heteroatoms. The SMILES string of the molecule is O=C(NCc1cscn1)c1cc(Br)cnc1Cl. The predicted octanol–water partition coefficient (Wildman–Crippen LogP) is 2.88. The van der Waals surface area contributed by atoms with Gasteiger partial charge in [0.1, 0.15) is 5.15 Å². The highest BCUT2D eigenvalue weighted by molar-refractivity contribution is 9.10. The normalized spacial score (nSPS) is 10.2. The van der Waals surface area contributed by atoms with Crippen LogP contribution in [0.3, 0.4) is 0 Å². The molecule has 0 radical (unpaired) electrons. The molecule has 1 N–H and O–H groups in total. The van der Waals surface area contributed by atoms with Crippen molar-refractivity contribution in [1.82, 2.24) is 15.3 Å². The van der Waals surface area contributed by atoms with Gasteiger partial charge in [-0.05, 0) is 22.0 Å². The van der Waals surface area contributed by atoms with Gasteiger partial charge in [0.15, 0.2) is 0 Å². The topological polar surface area (TPSA) is 54.9 Å². The summed E-state index contributed by atoms with van der Waals surface area (Å²) in [4.78, 5) is 19.8. The van der Waals surface area contributed by atoms with E-state index in [1.807, 2.05) is 5.38 Å². The highest BCUT2D eigenvalue weighted by Gasteiger charge is 2.11. The third kappa shape index (κ3) is 3.24. The van der Waals surface area contributed by atoms with Crippen molar-refractivity contribution in [3.05, 3.63) is 44.0 Å². The molecule has 0 saturated heterocycles. The maximum absolute atomic E-state index is 11.8. The van der Waals surface area contributed by atoms with Gasteiger partial charge < -0.3 is 5.32 Å². The van der Waals surface area contributed by atoms with E-state index >= 15 is 0 Å². The van der Waals surface area contributed by atoms with E-state index in [-0.39, 0.29) is 11.1 Å². The van der Waals surface area contributed by atoms with Gasteiger partial charge in [0.05, 0.1) is 23.3 Å². The lowest BCUT2D eigenvalue weighted by atomic mass is 10.2. The maximum atomic E-state index is 11.8. The lowest BCUT2D eigenvalue weighted by Crippen LogP contribution is -2.23. The molecule has 0 saturated carbocycles. The average Bonchev–Trinajstić information content (AvgIpc) is 2.82. The first-order chi connectivity index (χ1) is 8.16. The molecule has 17 heavy (non-hydrogen) atoms. The van der Waals surface area contributed by atoms with Gasteiger partial charge in [0.25, 0.3) is 5.91 Å². The zero-order valence-electron chi connectivity index (χ0n) is 8.48. The molecule has 2 aromatic heterocycles. The zero-order valence-corrected chi connectivity index (χ0v) is 11.6. The number of nitrogens with zero attached hydrogens (tertiary/aromatic N) is 2. The van der Waals surface area contributed by atoms with Crippen LogP contribution in [-0.4, -0.2) is 15.9 Å². The third-order valence-corrected chi connectivity index (χ3v) is 3.33. The van der Waals surface area contributed by atoms with Crippen LogP contribution in [0.1, 0.15) is 16.1 Å². The average molecular weight is 333 g/mol. The van der Waals surface area contributed by atoms with E-state index in [1.165, 1.54) is 11.3 Å². The molecule has 2 aromatic rings. The van der Waals surface area contributed by atoms with Gasteiger partial charge in [-0.1, -0.05) is 11.6 Å². The maximum Gasteiger partial charge on any atom is 0.254 e. The quantitative estimate of drug-likeness (QED) is 0.879. The van der Waals surface area contributed by atoms with Gasteiger partial charge in [-0.3, -0.25) is 4.79 Å². The first kappa shape index (κ1) is 12.5. The Morgan fingerprint density at radius 1 is 1.53 bits per heavy atom. The minimum Gasteiger partial charge on any atom is -0.346 e. The van der Waals surface area contributed by atoms with Gasteiger partial charge >= 0.3 is 0 Å². The number of aromatic nitrogens is 2. The molecular weight excluding hydrogens is 326 g/mol. The van der Waals surface area contributed by atoms with Gasteiger partial charge in [-0.25, -0.2) is 9.97 Å². The van der Waals surface area contributed by atoms with Crippen LogP contribution in [0.2, 0.25) is 5.15 Å². The van der Waals surface area contributed by atoms with E-state index in [0.717, 1.165) is 5.69 Å². The molecule has 88 valence electrons. The molecule has 0 atom stereocenters. The van der Waals surface area contributed by atoms with Crippen molar-refractivity contribution >= 4 is 44.8 Å². The summed E-state index contributed by atoms with van der Waals surface area (Å²) in [5.74, 6) is -0.267. The van der Waals surface area contributed by atoms with Crippen molar-refractivity contribution in [2.75, 3.05) is 0 Å². The van der Waals surface area contributed by atoms with Crippen molar-refractivity contribution in [3.8, 4) is 0 Å². The van der Waals surface area contributed by atoms with Crippen LogP contribution in [0, 0.1) is 0 Å². The molecule has 0 fully saturated rings. The molecular formula is C10H7BrClN3OS. The van der Waals surface area contributed by atoms with Crippen molar-refractivity contribution < 1.29 is 4.79 Å². The summed E-state index contributed by atoms with van der Waals surface area (Å²) in [5.41, 5.74) is 2.88. The van der Waals surface area contributed by atoms with Crippen LogP contribution in [0.25, 0.3) is 0 Å². The van der Waals surface area contributed by atoms with Crippen molar-refractivity contribution in [1.29, 1.82) is 0 Å². The molecule has 0 bridgehead atoms. The van der Waals surface area contributed by atoms with Crippen LogP contribution in [-0.2, 0) is 6.54 Å². The molecule has 0 aromatic carbocycles. The molecule has 2 heterocycles. The Bertz CT molecular complexity index is 532. The number of hydrogen-bond donors (Lipinski definition) is 1. The van der Waals surface area contributed by atoms with E-state index in [0.29, 0.717) is 16.6 Å². The number of nitrogens with one attached hydrogen (secondary N) is 1. The summed E-state index contributed by atoms with van der Waals surface area (Å²) < 4.78 is 0.709. The van der Waals surface area contributed by atoms with E-state index < -0.39 is 0 Å². The van der Waals surface area contributed by atoms with Gasteiger partial charge in [-0.15, -0.1) is 11.3 Å². The van der Waals surface area contributed by atoms with Crippen molar-refractivity contribution in [2.45, 2.75) is 6.54 Å². The number of rotatable bonds is 3. The Labute approximate surface area is 115 Å². The molecule has 0 aliphatic rings. The summed E-state index contributed by atoms with van der Waals surface area (Å²) in [5, 5.41) is 4.79. The molecule has 2 rings (SSSR count). The lowest BCUT2D eigenvalue weighted by molar-refractivity contribution is 0.0950. The zero-order chi connectivity index (χ0) is 12.3. The number of thiazole rings is 1. The third-order valence-electron chi connectivity index (χ3n) is 1.96. The van der Waals surface area contributed by atoms with E-state index in [9.17, 15) is 4.79 Å². The van der Waals surface area contributed by atoms with Gasteiger partial charge in [0.2, 0.25) is 0 Å². The molecule has 4 nitrogen and oxygen atoms in total. The second-order valence-corrected chi connectivity index (χ2v) is 5.15. The number of halogens is 2. The van der Waals surface area contributed by atoms with Crippen LogP contribution in [0.4, 0.5) is 0 Å². The Balaban J connectivity index is 2.07. The largest absolute Gasteiger partial charge is 0.346 e.